The van der Waals surface area contributed by atoms with Crippen LogP contribution in [0, 0.1) is 40.9 Å². The van der Waals surface area contributed by atoms with Crippen molar-refractivity contribution in [2.75, 3.05) is 34.0 Å². The minimum absolute atomic E-state index is 0.0193. The van der Waals surface area contributed by atoms with Crippen LogP contribution in [0.2, 0.25) is 0 Å². The average molecular weight is 1060 g/mol. The lowest BCUT2D eigenvalue weighted by Crippen LogP contribution is -2.61. The van der Waals surface area contributed by atoms with E-state index in [1.807, 2.05) is 45.1 Å². The van der Waals surface area contributed by atoms with Crippen LogP contribution in [0.1, 0.15) is 132 Å². The molecule has 5 N–H and O–H groups in total. The molecule has 0 aromatic carbocycles. The summed E-state index contributed by atoms with van der Waals surface area (Å²) in [6.45, 7) is 12.5. The lowest BCUT2D eigenvalue weighted by molar-refractivity contribution is -0.265. The van der Waals surface area contributed by atoms with Gasteiger partial charge in [0, 0.05) is 51.4 Å². The third-order valence-corrected chi connectivity index (χ3v) is 16.2. The first-order valence-corrected chi connectivity index (χ1v) is 27.3. The molecule has 74 heavy (non-hydrogen) atoms. The number of ether oxygens (including phenoxy) is 5. The van der Waals surface area contributed by atoms with Crippen molar-refractivity contribution in [1.29, 1.82) is 0 Å². The number of carbonyl (C=O) groups excluding carboxylic acids is 6. The summed E-state index contributed by atoms with van der Waals surface area (Å²) in [5, 5.41) is 43.1. The maximum Gasteiger partial charge on any atom is 0.329 e. The van der Waals surface area contributed by atoms with Crippen molar-refractivity contribution in [2.45, 2.75) is 187 Å². The highest BCUT2D eigenvalue weighted by atomic mass is 31.1. The van der Waals surface area contributed by atoms with Gasteiger partial charge in [-0.15, -0.1) is 0 Å². The van der Waals surface area contributed by atoms with E-state index in [2.05, 4.69) is 0 Å². The molecule has 3 fully saturated rings. The van der Waals surface area contributed by atoms with Gasteiger partial charge in [0.15, 0.2) is 14.8 Å². The zero-order valence-electron chi connectivity index (χ0n) is 45.2. The molecule has 3 heterocycles. The highest BCUT2D eigenvalue weighted by molar-refractivity contribution is 7.25. The summed E-state index contributed by atoms with van der Waals surface area (Å²) >= 11 is 0. The van der Waals surface area contributed by atoms with E-state index in [0.29, 0.717) is 63.4 Å². The molecule has 0 aromatic rings. The minimum atomic E-state index is -2.53. The number of aliphatic hydroxyl groups excluding tert-OH is 3. The SMILES string of the molecule is COC1C(=O)[C@H](C)C[C@H](C)/C=C/C=C/C=C(\C)C(OPO)C[C@@H]2CC[C@@H](C)[C@@](O)(O2)C(=O)C(=O)N2CCCC[C@H]2C(=O)O[C@H]([C@H](C)C[C@@H]2CC[C@@H](OC(=O)C(C)(CO)CO)[C@H](OC)C2)CC(=O)[C@H](C)/C=C(\C)[C@H]1O. The van der Waals surface area contributed by atoms with Crippen LogP contribution < -0.4 is 0 Å². The zero-order valence-corrected chi connectivity index (χ0v) is 46.2. The summed E-state index contributed by atoms with van der Waals surface area (Å²) in [5.41, 5.74) is -0.432. The number of methoxy groups -OCH3 is 2. The van der Waals surface area contributed by atoms with Gasteiger partial charge >= 0.3 is 11.9 Å². The second kappa shape index (κ2) is 29.3. The van der Waals surface area contributed by atoms with E-state index < -0.39 is 130 Å². The Balaban J connectivity index is 1.70. The Hall–Kier alpha value is -3.55. The molecule has 1 amide bonds. The summed E-state index contributed by atoms with van der Waals surface area (Å²) in [7, 11) is 1.98. The summed E-state index contributed by atoms with van der Waals surface area (Å²) < 4.78 is 35.3. The number of carbonyl (C=O) groups is 6. The van der Waals surface area contributed by atoms with Crippen molar-refractivity contribution >= 4 is 44.2 Å². The van der Waals surface area contributed by atoms with Gasteiger partial charge in [0.2, 0.25) is 5.79 Å². The average Bonchev–Trinajstić information content (AvgIpc) is 3.38. The van der Waals surface area contributed by atoms with E-state index in [9.17, 15) is 54.1 Å². The molecule has 18 nitrogen and oxygen atoms in total. The number of cyclic esters (lactones) is 1. The molecule has 4 aliphatic rings. The predicted octanol–water partition coefficient (Wildman–Crippen LogP) is 5.59. The molecule has 1 saturated carbocycles. The quantitative estimate of drug-likeness (QED) is 0.0731. The van der Waals surface area contributed by atoms with Gasteiger partial charge in [-0.1, -0.05) is 71.1 Å². The van der Waals surface area contributed by atoms with Gasteiger partial charge in [-0.05, 0) is 114 Å². The first-order valence-electron chi connectivity index (χ1n) is 26.4. The smallest absolute Gasteiger partial charge is 0.329 e. The molecule has 3 aliphatic heterocycles. The fraction of sp³-hybridized carbons (Fsp3) is 0.745. The predicted molar refractivity (Wildman–Crippen MR) is 276 cm³/mol. The first kappa shape index (κ1) is 63.0. The molecule has 0 radical (unpaired) electrons. The Bertz CT molecular complexity index is 2040. The second-order valence-electron chi connectivity index (χ2n) is 21.8. The van der Waals surface area contributed by atoms with Crippen molar-refractivity contribution < 1.29 is 82.3 Å². The van der Waals surface area contributed by atoms with Crippen molar-refractivity contribution in [2.24, 2.45) is 40.9 Å². The summed E-state index contributed by atoms with van der Waals surface area (Å²) in [4.78, 5) is 95.3. The Kier molecular flexibility index (Phi) is 24.9. The van der Waals surface area contributed by atoms with Crippen molar-refractivity contribution in [3.05, 3.63) is 47.6 Å². The highest BCUT2D eigenvalue weighted by Gasteiger charge is 2.53. The number of aliphatic hydroxyl groups is 4. The summed E-state index contributed by atoms with van der Waals surface area (Å²) in [6.07, 6.45) is 8.66. The zero-order chi connectivity index (χ0) is 55.1. The van der Waals surface area contributed by atoms with Gasteiger partial charge in [-0.3, -0.25) is 24.0 Å². The molecule has 418 valence electrons. The van der Waals surface area contributed by atoms with Crippen molar-refractivity contribution in [3.63, 3.8) is 0 Å². The van der Waals surface area contributed by atoms with Gasteiger partial charge in [-0.25, -0.2) is 4.79 Å². The number of piperidine rings is 1. The van der Waals surface area contributed by atoms with E-state index in [4.69, 9.17) is 28.2 Å². The maximum atomic E-state index is 14.6. The molecule has 2 saturated heterocycles. The summed E-state index contributed by atoms with van der Waals surface area (Å²) in [6, 6.07) is -1.23. The number of hydrogen-bond donors (Lipinski definition) is 5. The molecule has 1 aliphatic carbocycles. The third-order valence-electron chi connectivity index (χ3n) is 15.8. The molecular weight excluding hydrogens is 978 g/mol. The first-order chi connectivity index (χ1) is 35.0. The van der Waals surface area contributed by atoms with Gasteiger partial charge < -0.3 is 58.4 Å². The number of nitrogens with zero attached hydrogens (tertiary/aromatic N) is 1. The van der Waals surface area contributed by atoms with E-state index in [0.717, 1.165) is 10.5 Å². The van der Waals surface area contributed by atoms with E-state index in [1.54, 1.807) is 39.8 Å². The molecule has 0 spiro atoms. The van der Waals surface area contributed by atoms with Crippen LogP contribution in [0.4, 0.5) is 0 Å². The molecule has 16 atom stereocenters. The fourth-order valence-corrected chi connectivity index (χ4v) is 11.0. The van der Waals surface area contributed by atoms with E-state index in [-0.39, 0.29) is 49.2 Å². The van der Waals surface area contributed by atoms with E-state index in [1.165, 1.54) is 21.1 Å². The van der Waals surface area contributed by atoms with Crippen LogP contribution in [0.3, 0.4) is 0 Å². The number of hydrogen-bond acceptors (Lipinski definition) is 17. The minimum Gasteiger partial charge on any atom is -0.460 e. The molecule has 4 rings (SSSR count). The van der Waals surface area contributed by atoms with Gasteiger partial charge in [0.05, 0.1) is 31.5 Å². The van der Waals surface area contributed by atoms with E-state index >= 15 is 0 Å². The topological polar surface area (TPSA) is 262 Å². The maximum absolute atomic E-state index is 14.6. The monoisotopic (exact) mass is 1060 g/mol. The number of esters is 2. The van der Waals surface area contributed by atoms with Crippen molar-refractivity contribution in [3.8, 4) is 0 Å². The van der Waals surface area contributed by atoms with Gasteiger partial charge in [-0.2, -0.15) is 0 Å². The highest BCUT2D eigenvalue weighted by Crippen LogP contribution is 2.39. The molecule has 0 aromatic heterocycles. The molecule has 3 unspecified atom stereocenters. The third kappa shape index (κ3) is 16.5. The number of ketones is 3. The number of Topliss-reactive ketones (excluding diaryl/α,β-unsaturated/α-hetero) is 3. The number of allylic oxidation sites excluding steroid dienone is 6. The molecular formula is C55H86NO17P. The number of fused-ring (bicyclic) bond motifs is 3. The molecule has 19 heteroatoms. The number of rotatable bonds is 11. The second-order valence-corrected chi connectivity index (χ2v) is 22.2. The lowest BCUT2D eigenvalue weighted by Gasteiger charge is -2.42. The van der Waals surface area contributed by atoms with Crippen LogP contribution in [0.25, 0.3) is 0 Å². The lowest BCUT2D eigenvalue weighted by atomic mass is 9.78. The standard InChI is InChI=1S/C55H86NO17P/c1-32-16-12-11-13-17-33(2)45(73-74-67)28-40-21-19-38(7)55(66,72-40)50(62)51(63)56-23-15-14-18-41(56)52(64)70-44(29-42(59)34(3)25-37(6)48(61)49(69-10)47(60)36(5)24-32)35(4)26-39-20-22-43(46(27-39)68-9)71-53(65)54(8,30-57)31-58/h11-13,16-17,25,32,34-36,38-41,43-46,48-49,57-58,61,66-67,74H,14-15,18-24,26-31H2,1-10H3/b13-11+,16-12+,33-17+,37-25+/t32-,34-,35-,36-,38-,39+,40+,41+,43-,44+,45?,46-,48-,49?,55-/m1/s1. The van der Waals surface area contributed by atoms with Gasteiger partial charge in [0.25, 0.3) is 11.7 Å². The normalized spacial score (nSPS) is 37.3. The van der Waals surface area contributed by atoms with Crippen LogP contribution in [-0.2, 0) is 57.0 Å². The van der Waals surface area contributed by atoms with Crippen molar-refractivity contribution in [1.82, 2.24) is 4.90 Å². The molecule has 2 bridgehead atoms. The van der Waals surface area contributed by atoms with Crippen LogP contribution in [-0.4, -0.2) is 154 Å². The van der Waals surface area contributed by atoms with Crippen LogP contribution in [0.15, 0.2) is 47.6 Å². The number of amides is 1. The fourth-order valence-electron chi connectivity index (χ4n) is 10.6. The van der Waals surface area contributed by atoms with Gasteiger partial charge in [0.1, 0.15) is 41.7 Å². The Morgan fingerprint density at radius 1 is 0.905 bits per heavy atom. The Labute approximate surface area is 439 Å². The Morgan fingerprint density at radius 2 is 1.61 bits per heavy atom. The van der Waals surface area contributed by atoms with Crippen LogP contribution >= 0.6 is 9.03 Å². The summed E-state index contributed by atoms with van der Waals surface area (Å²) in [5.74, 6) is -9.71. The largest absolute Gasteiger partial charge is 0.460 e. The van der Waals surface area contributed by atoms with Crippen LogP contribution in [0.5, 0.6) is 0 Å². The Morgan fingerprint density at radius 3 is 2.26 bits per heavy atom.